The molecule has 2 N–H and O–H groups in total. The van der Waals surface area contributed by atoms with Crippen LogP contribution in [-0.2, 0) is 6.42 Å². The predicted molar refractivity (Wildman–Crippen MR) is 104 cm³/mol. The summed E-state index contributed by atoms with van der Waals surface area (Å²) in [5.41, 5.74) is 7.51. The molecular formula is C22H25F3N2O2. The molecule has 2 aliphatic heterocycles. The highest BCUT2D eigenvalue weighted by Crippen LogP contribution is 2.36. The van der Waals surface area contributed by atoms with E-state index in [1.54, 1.807) is 0 Å². The van der Waals surface area contributed by atoms with Crippen LogP contribution in [0.25, 0.3) is 0 Å². The second-order valence-electron chi connectivity index (χ2n) is 7.86. The van der Waals surface area contributed by atoms with Crippen LogP contribution in [0.1, 0.15) is 36.3 Å². The molecule has 4 rings (SSSR count). The van der Waals surface area contributed by atoms with E-state index in [1.807, 2.05) is 6.07 Å². The lowest BCUT2D eigenvalue weighted by Crippen LogP contribution is -2.38. The van der Waals surface area contributed by atoms with Gasteiger partial charge in [0, 0.05) is 18.7 Å². The van der Waals surface area contributed by atoms with Gasteiger partial charge in [-0.2, -0.15) is 0 Å². The number of benzene rings is 2. The molecule has 7 heteroatoms. The minimum Gasteiger partial charge on any atom is -0.454 e. The van der Waals surface area contributed by atoms with Crippen molar-refractivity contribution >= 4 is 0 Å². The number of piperidine rings is 1. The molecule has 0 bridgehead atoms. The van der Waals surface area contributed by atoms with Crippen molar-refractivity contribution in [2.75, 3.05) is 26.4 Å². The van der Waals surface area contributed by atoms with E-state index in [-0.39, 0.29) is 24.8 Å². The van der Waals surface area contributed by atoms with Crippen molar-refractivity contribution in [1.29, 1.82) is 0 Å². The van der Waals surface area contributed by atoms with Gasteiger partial charge in [0.15, 0.2) is 23.1 Å². The maximum absolute atomic E-state index is 13.8. The Balaban J connectivity index is 1.31. The molecule has 2 aromatic carbocycles. The highest BCUT2D eigenvalue weighted by Gasteiger charge is 2.24. The topological polar surface area (TPSA) is 47.7 Å². The van der Waals surface area contributed by atoms with Crippen LogP contribution in [0.3, 0.4) is 0 Å². The Hall–Kier alpha value is -2.25. The van der Waals surface area contributed by atoms with Crippen LogP contribution >= 0.6 is 0 Å². The van der Waals surface area contributed by atoms with Gasteiger partial charge in [-0.05, 0) is 74.0 Å². The summed E-state index contributed by atoms with van der Waals surface area (Å²) in [5.74, 6) is -0.968. The lowest BCUT2D eigenvalue weighted by Gasteiger charge is -2.33. The smallest absolute Gasteiger partial charge is 0.231 e. The Kier molecular flexibility index (Phi) is 5.96. The maximum atomic E-state index is 13.8. The van der Waals surface area contributed by atoms with Gasteiger partial charge in [0.25, 0.3) is 0 Å². The van der Waals surface area contributed by atoms with Gasteiger partial charge in [-0.3, -0.25) is 0 Å². The van der Waals surface area contributed by atoms with Crippen LogP contribution in [0.2, 0.25) is 0 Å². The second-order valence-corrected chi connectivity index (χ2v) is 7.86. The normalized spacial score (nSPS) is 20.1. The summed E-state index contributed by atoms with van der Waals surface area (Å²) >= 11 is 0. The molecule has 2 unspecified atom stereocenters. The summed E-state index contributed by atoms with van der Waals surface area (Å²) in [6.45, 7) is 2.97. The van der Waals surface area contributed by atoms with Crippen LogP contribution in [0.4, 0.5) is 13.2 Å². The molecule has 0 radical (unpaired) electrons. The van der Waals surface area contributed by atoms with E-state index in [0.717, 1.165) is 50.0 Å². The van der Waals surface area contributed by atoms with Crippen LogP contribution in [0.15, 0.2) is 30.3 Å². The molecule has 1 saturated heterocycles. The van der Waals surface area contributed by atoms with Crippen molar-refractivity contribution < 1.29 is 22.6 Å². The van der Waals surface area contributed by atoms with Crippen molar-refractivity contribution in [3.8, 4) is 11.5 Å². The van der Waals surface area contributed by atoms with E-state index >= 15 is 0 Å². The van der Waals surface area contributed by atoms with Crippen LogP contribution < -0.4 is 15.2 Å². The number of fused-ring (bicyclic) bond motifs is 1. The average Bonchev–Trinajstić information content (AvgIpc) is 3.18. The molecular weight excluding hydrogens is 381 g/mol. The lowest BCUT2D eigenvalue weighted by molar-refractivity contribution is 0.173. The molecule has 156 valence electrons. The third-order valence-electron chi connectivity index (χ3n) is 5.76. The van der Waals surface area contributed by atoms with Crippen LogP contribution in [-0.4, -0.2) is 37.4 Å². The van der Waals surface area contributed by atoms with Gasteiger partial charge in [0.05, 0.1) is 0 Å². The van der Waals surface area contributed by atoms with Gasteiger partial charge in [-0.15, -0.1) is 0 Å². The van der Waals surface area contributed by atoms with E-state index in [2.05, 4.69) is 17.0 Å². The number of likely N-dealkylation sites (tertiary alicyclic amines) is 1. The van der Waals surface area contributed by atoms with E-state index in [0.29, 0.717) is 18.4 Å². The molecule has 4 nitrogen and oxygen atoms in total. The molecule has 2 atom stereocenters. The molecule has 0 spiro atoms. The molecule has 1 fully saturated rings. The predicted octanol–water partition coefficient (Wildman–Crippen LogP) is 3.97. The minimum atomic E-state index is -1.18. The number of halogens is 3. The maximum Gasteiger partial charge on any atom is 0.231 e. The first kappa shape index (κ1) is 20.0. The fraction of sp³-hybridized carbons (Fsp3) is 0.455. The first-order chi connectivity index (χ1) is 14.0. The second kappa shape index (κ2) is 8.63. The Bertz CT molecular complexity index is 877. The zero-order chi connectivity index (χ0) is 20.4. The van der Waals surface area contributed by atoms with Gasteiger partial charge < -0.3 is 20.1 Å². The fourth-order valence-corrected chi connectivity index (χ4v) is 4.15. The molecule has 29 heavy (non-hydrogen) atoms. The van der Waals surface area contributed by atoms with Gasteiger partial charge in [-0.1, -0.05) is 6.07 Å². The summed E-state index contributed by atoms with van der Waals surface area (Å²) in [6.07, 6.45) is 3.04. The summed E-state index contributed by atoms with van der Waals surface area (Å²) in [5, 5.41) is 0. The highest BCUT2D eigenvalue weighted by molar-refractivity contribution is 5.45. The van der Waals surface area contributed by atoms with Crippen LogP contribution in [0.5, 0.6) is 11.5 Å². The Morgan fingerprint density at radius 3 is 2.69 bits per heavy atom. The van der Waals surface area contributed by atoms with Gasteiger partial charge in [0.1, 0.15) is 5.82 Å². The molecule has 2 heterocycles. The number of nitrogens with zero attached hydrogens (tertiary/aromatic N) is 1. The molecule has 2 aromatic rings. The van der Waals surface area contributed by atoms with Gasteiger partial charge >= 0.3 is 0 Å². The summed E-state index contributed by atoms with van der Waals surface area (Å²) in [4.78, 5) is 2.36. The SMILES string of the molecule is NC(CCN1CCCC(c2ccc3c(c2)OCO3)C1)Cc1cc(F)c(F)cc1F. The molecule has 0 amide bonds. The standard InChI is InChI=1S/C22H25F3N2O2/c23-18-11-20(25)19(24)9-16(18)8-17(26)5-7-27-6-1-2-15(12-27)14-3-4-21-22(10-14)29-13-28-21/h3-4,9-11,15,17H,1-2,5-8,12-13,26H2. The first-order valence-corrected chi connectivity index (χ1v) is 10.0. The van der Waals surface area contributed by atoms with Gasteiger partial charge in [-0.25, -0.2) is 13.2 Å². The van der Waals surface area contributed by atoms with Crippen molar-refractivity contribution in [3.05, 3.63) is 58.9 Å². The van der Waals surface area contributed by atoms with Crippen molar-refractivity contribution in [3.63, 3.8) is 0 Å². The van der Waals surface area contributed by atoms with Gasteiger partial charge in [0.2, 0.25) is 6.79 Å². The third-order valence-corrected chi connectivity index (χ3v) is 5.76. The Morgan fingerprint density at radius 2 is 1.83 bits per heavy atom. The third kappa shape index (κ3) is 4.67. The number of nitrogens with two attached hydrogens (primary N) is 1. The molecule has 0 saturated carbocycles. The zero-order valence-electron chi connectivity index (χ0n) is 16.2. The summed E-state index contributed by atoms with van der Waals surface area (Å²) < 4.78 is 51.1. The monoisotopic (exact) mass is 406 g/mol. The summed E-state index contributed by atoms with van der Waals surface area (Å²) in [7, 11) is 0. The number of hydrogen-bond acceptors (Lipinski definition) is 4. The first-order valence-electron chi connectivity index (χ1n) is 10.0. The number of rotatable bonds is 6. The van der Waals surface area contributed by atoms with Crippen LogP contribution in [0, 0.1) is 17.5 Å². The average molecular weight is 406 g/mol. The van der Waals surface area contributed by atoms with Crippen molar-refractivity contribution in [1.82, 2.24) is 4.90 Å². The largest absolute Gasteiger partial charge is 0.454 e. The Labute approximate surface area is 168 Å². The molecule has 0 aromatic heterocycles. The fourth-order valence-electron chi connectivity index (χ4n) is 4.15. The molecule has 0 aliphatic carbocycles. The summed E-state index contributed by atoms with van der Waals surface area (Å²) in [6, 6.07) is 7.29. The van der Waals surface area contributed by atoms with E-state index in [9.17, 15) is 13.2 Å². The number of hydrogen-bond donors (Lipinski definition) is 1. The zero-order valence-corrected chi connectivity index (χ0v) is 16.2. The highest BCUT2D eigenvalue weighted by atomic mass is 19.2. The van der Waals surface area contributed by atoms with E-state index < -0.39 is 17.5 Å². The lowest BCUT2D eigenvalue weighted by atomic mass is 9.90. The number of ether oxygens (including phenoxy) is 2. The van der Waals surface area contributed by atoms with E-state index in [4.69, 9.17) is 15.2 Å². The minimum absolute atomic E-state index is 0.119. The van der Waals surface area contributed by atoms with Crippen molar-refractivity contribution in [2.24, 2.45) is 5.73 Å². The molecule has 2 aliphatic rings. The van der Waals surface area contributed by atoms with Crippen molar-refractivity contribution in [2.45, 2.75) is 37.6 Å². The quantitative estimate of drug-likeness (QED) is 0.738. The van der Waals surface area contributed by atoms with E-state index in [1.165, 1.54) is 5.56 Å². The Morgan fingerprint density at radius 1 is 1.03 bits per heavy atom.